The summed E-state index contributed by atoms with van der Waals surface area (Å²) in [6.45, 7) is 13.1. The van der Waals surface area contributed by atoms with E-state index in [0.29, 0.717) is 12.1 Å². The highest BCUT2D eigenvalue weighted by atomic mass is 16.5. The van der Waals surface area contributed by atoms with Crippen molar-refractivity contribution in [1.82, 2.24) is 10.2 Å². The molecule has 0 aromatic heterocycles. The minimum Gasteiger partial charge on any atom is -0.383 e. The van der Waals surface area contributed by atoms with Crippen LogP contribution in [0, 0.1) is 0 Å². The molecule has 0 aliphatic rings. The number of methoxy groups -OCH3 is 1. The lowest BCUT2D eigenvalue weighted by atomic mass is 10.2. The van der Waals surface area contributed by atoms with Crippen LogP contribution in [-0.2, 0) is 4.74 Å². The van der Waals surface area contributed by atoms with Crippen molar-refractivity contribution < 1.29 is 4.74 Å². The molecular formula is C14H32N2O. The zero-order chi connectivity index (χ0) is 13.1. The lowest BCUT2D eigenvalue weighted by Gasteiger charge is -2.32. The van der Waals surface area contributed by atoms with Crippen molar-refractivity contribution in [2.75, 3.05) is 33.4 Å². The van der Waals surface area contributed by atoms with E-state index in [1.165, 1.54) is 19.3 Å². The van der Waals surface area contributed by atoms with Gasteiger partial charge in [-0.15, -0.1) is 0 Å². The smallest absolute Gasteiger partial charge is 0.0589 e. The molecule has 0 fully saturated rings. The third-order valence-electron chi connectivity index (χ3n) is 3.18. The molecule has 104 valence electrons. The number of unbranched alkanes of at least 4 members (excludes halogenated alkanes) is 2. The van der Waals surface area contributed by atoms with E-state index >= 15 is 0 Å². The minimum absolute atomic E-state index is 0.576. The predicted octanol–water partition coefficient (Wildman–Crippen LogP) is 2.51. The van der Waals surface area contributed by atoms with Gasteiger partial charge in [-0.3, -0.25) is 4.90 Å². The van der Waals surface area contributed by atoms with Gasteiger partial charge in [0.2, 0.25) is 0 Å². The Labute approximate surface area is 108 Å². The number of nitrogens with one attached hydrogen (secondary N) is 1. The molecule has 1 N–H and O–H groups in total. The van der Waals surface area contributed by atoms with E-state index < -0.39 is 0 Å². The van der Waals surface area contributed by atoms with Crippen LogP contribution in [0.2, 0.25) is 0 Å². The monoisotopic (exact) mass is 244 g/mol. The Kier molecular flexibility index (Phi) is 10.9. The molecule has 1 atom stereocenters. The average Bonchev–Trinajstić information content (AvgIpc) is 2.29. The number of hydrogen-bond donors (Lipinski definition) is 1. The Balaban J connectivity index is 3.76. The fourth-order valence-electron chi connectivity index (χ4n) is 2.11. The average molecular weight is 244 g/mol. The maximum atomic E-state index is 5.17. The molecule has 3 nitrogen and oxygen atoms in total. The summed E-state index contributed by atoms with van der Waals surface area (Å²) in [7, 11) is 1.77. The Morgan fingerprint density at radius 3 is 2.41 bits per heavy atom. The van der Waals surface area contributed by atoms with Gasteiger partial charge in [0.1, 0.15) is 0 Å². The number of nitrogens with zero attached hydrogens (tertiary/aromatic N) is 1. The third kappa shape index (κ3) is 8.58. The first-order valence-electron chi connectivity index (χ1n) is 7.08. The van der Waals surface area contributed by atoms with Crippen molar-refractivity contribution in [3.8, 4) is 0 Å². The zero-order valence-electron chi connectivity index (χ0n) is 12.5. The van der Waals surface area contributed by atoms with Gasteiger partial charge in [0, 0.05) is 32.3 Å². The molecule has 1 unspecified atom stereocenters. The third-order valence-corrected chi connectivity index (χ3v) is 3.18. The van der Waals surface area contributed by atoms with Crippen LogP contribution in [0.1, 0.15) is 47.0 Å². The molecule has 0 spiro atoms. The van der Waals surface area contributed by atoms with E-state index in [9.17, 15) is 0 Å². The van der Waals surface area contributed by atoms with Crippen LogP contribution in [-0.4, -0.2) is 50.3 Å². The summed E-state index contributed by atoms with van der Waals surface area (Å²) in [5.74, 6) is 0. The summed E-state index contributed by atoms with van der Waals surface area (Å²) in [6, 6.07) is 1.16. The molecule has 0 bridgehead atoms. The Bertz CT molecular complexity index is 162. The largest absolute Gasteiger partial charge is 0.383 e. The summed E-state index contributed by atoms with van der Waals surface area (Å²) in [5.41, 5.74) is 0. The summed E-state index contributed by atoms with van der Waals surface area (Å²) >= 11 is 0. The van der Waals surface area contributed by atoms with E-state index in [2.05, 4.69) is 37.9 Å². The molecule has 0 rings (SSSR count). The first kappa shape index (κ1) is 16.9. The van der Waals surface area contributed by atoms with Crippen LogP contribution in [0.5, 0.6) is 0 Å². The highest BCUT2D eigenvalue weighted by molar-refractivity contribution is 4.72. The van der Waals surface area contributed by atoms with Gasteiger partial charge in [-0.1, -0.05) is 19.8 Å². The molecule has 0 aliphatic carbocycles. The second-order valence-corrected chi connectivity index (χ2v) is 5.08. The van der Waals surface area contributed by atoms with Gasteiger partial charge in [0.05, 0.1) is 6.61 Å². The van der Waals surface area contributed by atoms with E-state index in [1.807, 2.05) is 0 Å². The van der Waals surface area contributed by atoms with Crippen LogP contribution < -0.4 is 5.32 Å². The second kappa shape index (κ2) is 11.0. The number of hydrogen-bond acceptors (Lipinski definition) is 3. The summed E-state index contributed by atoms with van der Waals surface area (Å²) in [6.07, 6.45) is 3.92. The van der Waals surface area contributed by atoms with Crippen molar-refractivity contribution in [3.63, 3.8) is 0 Å². The molecule has 0 radical (unpaired) electrons. The van der Waals surface area contributed by atoms with Crippen molar-refractivity contribution >= 4 is 0 Å². The zero-order valence-corrected chi connectivity index (χ0v) is 12.5. The SMILES string of the molecule is CCCCCNCC(C)N(CCOC)C(C)C. The summed E-state index contributed by atoms with van der Waals surface area (Å²) in [5, 5.41) is 3.55. The van der Waals surface area contributed by atoms with Crippen LogP contribution in [0.15, 0.2) is 0 Å². The van der Waals surface area contributed by atoms with Gasteiger partial charge in [0.25, 0.3) is 0 Å². The van der Waals surface area contributed by atoms with E-state index in [-0.39, 0.29) is 0 Å². The molecule has 0 aromatic rings. The van der Waals surface area contributed by atoms with E-state index in [4.69, 9.17) is 4.74 Å². The van der Waals surface area contributed by atoms with Crippen molar-refractivity contribution in [3.05, 3.63) is 0 Å². The summed E-state index contributed by atoms with van der Waals surface area (Å²) < 4.78 is 5.17. The second-order valence-electron chi connectivity index (χ2n) is 5.08. The number of rotatable bonds is 11. The number of ether oxygens (including phenoxy) is 1. The molecule has 0 amide bonds. The summed E-state index contributed by atoms with van der Waals surface area (Å²) in [4.78, 5) is 2.50. The highest BCUT2D eigenvalue weighted by Gasteiger charge is 2.15. The quantitative estimate of drug-likeness (QED) is 0.565. The minimum atomic E-state index is 0.576. The Morgan fingerprint density at radius 1 is 1.18 bits per heavy atom. The first-order chi connectivity index (χ1) is 8.13. The fraction of sp³-hybridized carbons (Fsp3) is 1.00. The van der Waals surface area contributed by atoms with Crippen LogP contribution >= 0.6 is 0 Å². The molecular weight excluding hydrogens is 212 g/mol. The highest BCUT2D eigenvalue weighted by Crippen LogP contribution is 2.04. The van der Waals surface area contributed by atoms with Crippen LogP contribution in [0.4, 0.5) is 0 Å². The van der Waals surface area contributed by atoms with Gasteiger partial charge in [0.15, 0.2) is 0 Å². The maximum absolute atomic E-state index is 5.17. The first-order valence-corrected chi connectivity index (χ1v) is 7.08. The molecule has 0 saturated carbocycles. The van der Waals surface area contributed by atoms with Gasteiger partial charge in [-0.2, -0.15) is 0 Å². The lowest BCUT2D eigenvalue weighted by Crippen LogP contribution is -2.45. The predicted molar refractivity (Wildman–Crippen MR) is 75.6 cm³/mol. The van der Waals surface area contributed by atoms with Crippen LogP contribution in [0.25, 0.3) is 0 Å². The van der Waals surface area contributed by atoms with Crippen LogP contribution in [0.3, 0.4) is 0 Å². The molecule has 0 aromatic carbocycles. The molecule has 0 saturated heterocycles. The lowest BCUT2D eigenvalue weighted by molar-refractivity contribution is 0.101. The van der Waals surface area contributed by atoms with Gasteiger partial charge < -0.3 is 10.1 Å². The molecule has 0 heterocycles. The van der Waals surface area contributed by atoms with Crippen molar-refractivity contribution in [2.45, 2.75) is 59.0 Å². The standard InChI is InChI=1S/C14H32N2O/c1-6-7-8-9-15-12-14(4)16(13(2)3)10-11-17-5/h13-15H,6-12H2,1-5H3. The van der Waals surface area contributed by atoms with Gasteiger partial charge in [-0.25, -0.2) is 0 Å². The van der Waals surface area contributed by atoms with E-state index in [0.717, 1.165) is 26.2 Å². The van der Waals surface area contributed by atoms with Crippen molar-refractivity contribution in [1.29, 1.82) is 0 Å². The Morgan fingerprint density at radius 2 is 1.88 bits per heavy atom. The van der Waals surface area contributed by atoms with Gasteiger partial charge >= 0.3 is 0 Å². The van der Waals surface area contributed by atoms with Gasteiger partial charge in [-0.05, 0) is 33.7 Å². The van der Waals surface area contributed by atoms with Crippen molar-refractivity contribution in [2.24, 2.45) is 0 Å². The topological polar surface area (TPSA) is 24.5 Å². The fourth-order valence-corrected chi connectivity index (χ4v) is 2.11. The molecule has 3 heteroatoms. The normalized spacial score (nSPS) is 13.6. The Hall–Kier alpha value is -0.120. The van der Waals surface area contributed by atoms with E-state index in [1.54, 1.807) is 7.11 Å². The molecule has 17 heavy (non-hydrogen) atoms. The maximum Gasteiger partial charge on any atom is 0.0589 e. The molecule has 0 aliphatic heterocycles.